The monoisotopic (exact) mass is 304 g/mol. The first-order valence-electron chi connectivity index (χ1n) is 6.49. The van der Waals surface area contributed by atoms with Crippen molar-refractivity contribution < 1.29 is 0 Å². The topological polar surface area (TPSA) is 6.48 Å². The normalized spacial score (nSPS) is 12.8. The first-order valence-corrected chi connectivity index (χ1v) is 13.7. The van der Waals surface area contributed by atoms with E-state index in [1.165, 1.54) is 0 Å². The zero-order valence-corrected chi connectivity index (χ0v) is 15.0. The van der Waals surface area contributed by atoms with Gasteiger partial charge in [0.05, 0.1) is 0 Å². The van der Waals surface area contributed by atoms with Crippen LogP contribution < -0.4 is 0 Å². The van der Waals surface area contributed by atoms with Crippen molar-refractivity contribution in [2.75, 3.05) is 26.2 Å². The van der Waals surface area contributed by atoms with Crippen LogP contribution in [0.2, 0.25) is 19.6 Å². The molecule has 0 N–H and O–H groups in total. The molecule has 0 atom stereocenters. The molecule has 96 valence electrons. The molecular formula is C12H29AsN2Si. The van der Waals surface area contributed by atoms with Crippen LogP contribution in [-0.2, 0) is 0 Å². The second kappa shape index (κ2) is 7.81. The fourth-order valence-electron chi connectivity index (χ4n) is 1.65. The van der Waals surface area contributed by atoms with Gasteiger partial charge in [0.2, 0.25) is 0 Å². The molecule has 0 aliphatic heterocycles. The van der Waals surface area contributed by atoms with Gasteiger partial charge >= 0.3 is 109 Å². The van der Waals surface area contributed by atoms with Crippen LogP contribution in [0.1, 0.15) is 27.7 Å². The molecule has 0 spiro atoms. The van der Waals surface area contributed by atoms with E-state index < -0.39 is 6.54 Å². The Morgan fingerprint density at radius 2 is 1.12 bits per heavy atom. The molecular weight excluding hydrogens is 275 g/mol. The summed E-state index contributed by atoms with van der Waals surface area (Å²) in [5, 5.41) is 0. The van der Waals surface area contributed by atoms with Gasteiger partial charge in [-0.05, 0) is 0 Å². The first-order chi connectivity index (χ1) is 7.39. The van der Waals surface area contributed by atoms with Crippen molar-refractivity contribution in [3.63, 3.8) is 0 Å². The molecule has 4 heteroatoms. The van der Waals surface area contributed by atoms with Crippen molar-refractivity contribution in [1.29, 1.82) is 0 Å². The van der Waals surface area contributed by atoms with Crippen molar-refractivity contribution in [3.8, 4) is 0 Å². The second-order valence-corrected chi connectivity index (χ2v) is 20.2. The van der Waals surface area contributed by atoms with Crippen molar-refractivity contribution >= 4 is 25.7 Å². The third-order valence-electron chi connectivity index (χ3n) is 2.53. The second-order valence-electron chi connectivity index (χ2n) is 4.93. The summed E-state index contributed by atoms with van der Waals surface area (Å²) in [6.07, 6.45) is 0. The molecule has 0 radical (unpaired) electrons. The fourth-order valence-corrected chi connectivity index (χ4v) is 9.28. The molecule has 0 aromatic carbocycles. The van der Waals surface area contributed by atoms with E-state index in [1.807, 2.05) is 0 Å². The van der Waals surface area contributed by atoms with Crippen molar-refractivity contribution in [3.05, 3.63) is 0 Å². The Labute approximate surface area is 109 Å². The molecule has 0 aromatic rings. The third-order valence-corrected chi connectivity index (χ3v) is 10.1. The van der Waals surface area contributed by atoms with E-state index >= 15 is 0 Å². The molecule has 0 aliphatic carbocycles. The van der Waals surface area contributed by atoms with Gasteiger partial charge in [0.25, 0.3) is 0 Å². The summed E-state index contributed by atoms with van der Waals surface area (Å²) in [6, 6.07) is 0. The Morgan fingerprint density at radius 3 is 1.31 bits per heavy atom. The molecule has 0 amide bonds. The van der Waals surface area contributed by atoms with E-state index in [1.54, 1.807) is 4.55 Å². The average Bonchev–Trinajstić information content (AvgIpc) is 2.19. The molecule has 0 saturated carbocycles. The number of hydrogen-bond acceptors (Lipinski definition) is 2. The maximum atomic E-state index is 2.57. The van der Waals surface area contributed by atoms with E-state index in [2.05, 4.69) is 57.1 Å². The molecule has 2 nitrogen and oxygen atoms in total. The van der Waals surface area contributed by atoms with Gasteiger partial charge in [0, 0.05) is 0 Å². The minimum absolute atomic E-state index is 0.377. The zero-order chi connectivity index (χ0) is 12.8. The Morgan fingerprint density at radius 1 is 0.812 bits per heavy atom. The molecule has 0 saturated heterocycles. The van der Waals surface area contributed by atoms with E-state index in [-0.39, 0.29) is 0 Å². The molecule has 0 unspecified atom stereocenters. The standard InChI is InChI=1S/C12H29AsN2Si/c1-8-14(9-2)12(13-16(5,6)7)15(10-3)11-4/h8-11H2,1-7H3. The van der Waals surface area contributed by atoms with Crippen LogP contribution >= 0.6 is 0 Å². The maximum absolute atomic E-state index is 2.57. The quantitative estimate of drug-likeness (QED) is 0.666. The van der Waals surface area contributed by atoms with Crippen molar-refractivity contribution in [2.45, 2.75) is 47.3 Å². The van der Waals surface area contributed by atoms with Gasteiger partial charge in [0.15, 0.2) is 0 Å². The van der Waals surface area contributed by atoms with Gasteiger partial charge in [-0.2, -0.15) is 0 Å². The van der Waals surface area contributed by atoms with Gasteiger partial charge in [-0.3, -0.25) is 0 Å². The number of hydrogen-bond donors (Lipinski definition) is 0. The van der Waals surface area contributed by atoms with Gasteiger partial charge in [-0.25, -0.2) is 0 Å². The SMILES string of the molecule is CCN(CC)C(=[As][Si](C)(C)C)N(CC)CC. The Balaban J connectivity index is 5.10. The van der Waals surface area contributed by atoms with Gasteiger partial charge in [-0.1, -0.05) is 0 Å². The first kappa shape index (κ1) is 16.6. The summed E-state index contributed by atoms with van der Waals surface area (Å²) < 4.78 is 1.67. The van der Waals surface area contributed by atoms with Crippen LogP contribution in [0.3, 0.4) is 0 Å². The molecule has 0 fully saturated rings. The summed E-state index contributed by atoms with van der Waals surface area (Å²) in [5.41, 5.74) is 0. The Kier molecular flexibility index (Phi) is 8.08. The van der Waals surface area contributed by atoms with Crippen LogP contribution in [0.4, 0.5) is 0 Å². The number of rotatable bonds is 7. The zero-order valence-electron chi connectivity index (χ0n) is 12.2. The molecule has 0 aromatic heterocycles. The van der Waals surface area contributed by atoms with Crippen LogP contribution in [0.15, 0.2) is 0 Å². The fraction of sp³-hybridized carbons (Fsp3) is 0.917. The summed E-state index contributed by atoms with van der Waals surface area (Å²) in [5.74, 6) is 0. The minimum atomic E-state index is -0.938. The summed E-state index contributed by atoms with van der Waals surface area (Å²) in [7, 11) is 0. The third kappa shape index (κ3) is 5.76. The Bertz CT molecular complexity index is 202. The van der Waals surface area contributed by atoms with Crippen LogP contribution in [0.25, 0.3) is 0 Å². The van der Waals surface area contributed by atoms with Crippen molar-refractivity contribution in [1.82, 2.24) is 9.80 Å². The van der Waals surface area contributed by atoms with Gasteiger partial charge < -0.3 is 0 Å². The van der Waals surface area contributed by atoms with E-state index in [9.17, 15) is 0 Å². The molecule has 0 aliphatic rings. The van der Waals surface area contributed by atoms with Crippen LogP contribution in [0, 0.1) is 0 Å². The predicted molar refractivity (Wildman–Crippen MR) is 79.9 cm³/mol. The summed E-state index contributed by atoms with van der Waals surface area (Å²) in [6.45, 7) is 20.3. The number of nitrogens with zero attached hydrogens (tertiary/aromatic N) is 2. The van der Waals surface area contributed by atoms with Crippen LogP contribution in [-0.4, -0.2) is 61.7 Å². The Hall–Kier alpha value is 0.565. The van der Waals surface area contributed by atoms with E-state index in [0.29, 0.717) is 14.6 Å². The van der Waals surface area contributed by atoms with Gasteiger partial charge in [0.1, 0.15) is 0 Å². The van der Waals surface area contributed by atoms with E-state index in [0.717, 1.165) is 26.2 Å². The summed E-state index contributed by atoms with van der Waals surface area (Å²) in [4.78, 5) is 5.15. The molecule has 16 heavy (non-hydrogen) atoms. The average molecular weight is 304 g/mol. The predicted octanol–water partition coefficient (Wildman–Crippen LogP) is 2.30. The molecule has 0 bridgehead atoms. The van der Waals surface area contributed by atoms with Gasteiger partial charge in [-0.15, -0.1) is 0 Å². The van der Waals surface area contributed by atoms with E-state index in [4.69, 9.17) is 0 Å². The van der Waals surface area contributed by atoms with Crippen LogP contribution in [0.5, 0.6) is 0 Å². The summed E-state index contributed by atoms with van der Waals surface area (Å²) >= 11 is 0.377. The molecule has 0 rings (SSSR count). The van der Waals surface area contributed by atoms with Crippen molar-refractivity contribution in [2.24, 2.45) is 0 Å². The molecule has 0 heterocycles.